The van der Waals surface area contributed by atoms with Crippen LogP contribution >= 0.6 is 0 Å². The minimum atomic E-state index is -0.510. The quantitative estimate of drug-likeness (QED) is 0.532. The van der Waals surface area contributed by atoms with E-state index in [1.165, 1.54) is 19.1 Å². The van der Waals surface area contributed by atoms with Crippen molar-refractivity contribution in [1.29, 1.82) is 0 Å². The number of carbonyl (C=O) groups is 2. The molecule has 1 amide bonds. The number of fused-ring (bicyclic) bond motifs is 1. The zero-order valence-corrected chi connectivity index (χ0v) is 15.0. The summed E-state index contributed by atoms with van der Waals surface area (Å²) in [7, 11) is 0. The molecule has 0 aliphatic rings. The molecule has 1 aromatic heterocycles. The lowest BCUT2D eigenvalue weighted by atomic mass is 10.0. The second-order valence-electron chi connectivity index (χ2n) is 6.36. The fraction of sp³-hybridized carbons (Fsp3) is 0.190. The molecule has 0 aliphatic heterocycles. The van der Waals surface area contributed by atoms with Crippen molar-refractivity contribution < 1.29 is 19.1 Å². The van der Waals surface area contributed by atoms with Crippen LogP contribution in [0.25, 0.3) is 11.0 Å². The van der Waals surface area contributed by atoms with Crippen LogP contribution in [-0.2, 0) is 11.2 Å². The van der Waals surface area contributed by atoms with Crippen molar-refractivity contribution >= 4 is 28.3 Å². The van der Waals surface area contributed by atoms with Crippen LogP contribution in [0.1, 0.15) is 34.8 Å². The molecule has 6 nitrogen and oxygen atoms in total. The third-order valence-electron chi connectivity index (χ3n) is 4.45. The molecule has 138 valence electrons. The highest BCUT2D eigenvalue weighted by atomic mass is 16.4. The summed E-state index contributed by atoms with van der Waals surface area (Å²) in [5.74, 6) is -0.261. The van der Waals surface area contributed by atoms with Gasteiger partial charge in [-0.05, 0) is 62.2 Å². The lowest BCUT2D eigenvalue weighted by Gasteiger charge is -2.09. The predicted molar refractivity (Wildman–Crippen MR) is 102 cm³/mol. The van der Waals surface area contributed by atoms with Crippen molar-refractivity contribution in [2.75, 3.05) is 5.32 Å². The van der Waals surface area contributed by atoms with Gasteiger partial charge in [0.05, 0.1) is 0 Å². The van der Waals surface area contributed by atoms with E-state index in [0.717, 1.165) is 10.9 Å². The van der Waals surface area contributed by atoms with Gasteiger partial charge in [0.15, 0.2) is 5.78 Å². The molecule has 0 unspecified atom stereocenters. The van der Waals surface area contributed by atoms with Crippen molar-refractivity contribution in [3.63, 3.8) is 0 Å². The third kappa shape index (κ3) is 4.06. The van der Waals surface area contributed by atoms with Gasteiger partial charge >= 0.3 is 5.63 Å². The van der Waals surface area contributed by atoms with Gasteiger partial charge in [0.2, 0.25) is 5.91 Å². The fourth-order valence-electron chi connectivity index (χ4n) is 2.92. The van der Waals surface area contributed by atoms with Gasteiger partial charge in [-0.2, -0.15) is 0 Å². The van der Waals surface area contributed by atoms with Crippen LogP contribution in [0.3, 0.4) is 0 Å². The summed E-state index contributed by atoms with van der Waals surface area (Å²) in [6, 6.07) is 11.2. The Hall–Kier alpha value is -3.41. The molecule has 3 rings (SSSR count). The molecule has 0 spiro atoms. The summed E-state index contributed by atoms with van der Waals surface area (Å²) in [4.78, 5) is 35.7. The number of aryl methyl sites for hydroxylation is 1. The van der Waals surface area contributed by atoms with Crippen molar-refractivity contribution in [2.24, 2.45) is 0 Å². The molecule has 0 saturated carbocycles. The van der Waals surface area contributed by atoms with E-state index >= 15 is 0 Å². The van der Waals surface area contributed by atoms with E-state index in [1.54, 1.807) is 37.3 Å². The second-order valence-corrected chi connectivity index (χ2v) is 6.36. The van der Waals surface area contributed by atoms with Gasteiger partial charge in [0.25, 0.3) is 0 Å². The van der Waals surface area contributed by atoms with Crippen molar-refractivity contribution in [1.82, 2.24) is 0 Å². The van der Waals surface area contributed by atoms with E-state index in [9.17, 15) is 19.5 Å². The van der Waals surface area contributed by atoms with Crippen LogP contribution in [0.5, 0.6) is 5.75 Å². The largest absolute Gasteiger partial charge is 0.508 e. The minimum absolute atomic E-state index is 0.0213. The zero-order chi connectivity index (χ0) is 19.6. The number of amides is 1. The summed E-state index contributed by atoms with van der Waals surface area (Å²) < 4.78 is 5.26. The molecule has 0 saturated heterocycles. The van der Waals surface area contributed by atoms with E-state index in [2.05, 4.69) is 5.32 Å². The SMILES string of the molecule is CC(=O)c1ccc(NC(=O)CCc2c(C)c3ccc(O)cc3oc2=O)cc1. The maximum atomic E-state index is 12.2. The first kappa shape index (κ1) is 18.4. The monoisotopic (exact) mass is 365 g/mol. The molecule has 3 aromatic rings. The predicted octanol–water partition coefficient (Wildman–Crippen LogP) is 3.58. The molecular weight excluding hydrogens is 346 g/mol. The number of hydrogen-bond donors (Lipinski definition) is 2. The number of benzene rings is 2. The van der Waals surface area contributed by atoms with Gasteiger partial charge in [0, 0.05) is 34.7 Å². The van der Waals surface area contributed by atoms with E-state index in [4.69, 9.17) is 4.42 Å². The highest BCUT2D eigenvalue weighted by molar-refractivity contribution is 5.95. The van der Waals surface area contributed by atoms with Crippen LogP contribution in [0.15, 0.2) is 51.7 Å². The van der Waals surface area contributed by atoms with Crippen LogP contribution in [0, 0.1) is 6.92 Å². The average Bonchev–Trinajstić information content (AvgIpc) is 2.61. The van der Waals surface area contributed by atoms with Crippen molar-refractivity contribution in [3.05, 3.63) is 69.6 Å². The Balaban J connectivity index is 1.72. The molecule has 0 radical (unpaired) electrons. The van der Waals surface area contributed by atoms with Crippen LogP contribution < -0.4 is 10.9 Å². The number of phenolic OH excluding ortho intramolecular Hbond substituents is 1. The maximum absolute atomic E-state index is 12.2. The number of phenols is 1. The Morgan fingerprint density at radius 1 is 1.11 bits per heavy atom. The number of hydrogen-bond acceptors (Lipinski definition) is 5. The number of carbonyl (C=O) groups excluding carboxylic acids is 2. The molecule has 6 heteroatoms. The summed E-state index contributed by atoms with van der Waals surface area (Å²) in [5, 5.41) is 13.0. The van der Waals surface area contributed by atoms with Gasteiger partial charge in [-0.15, -0.1) is 0 Å². The van der Waals surface area contributed by atoms with Crippen molar-refractivity contribution in [2.45, 2.75) is 26.7 Å². The van der Waals surface area contributed by atoms with Gasteiger partial charge in [0.1, 0.15) is 11.3 Å². The second kappa shape index (κ2) is 7.45. The number of anilines is 1. The molecule has 27 heavy (non-hydrogen) atoms. The lowest BCUT2D eigenvalue weighted by Crippen LogP contribution is -2.16. The number of ketones is 1. The van der Waals surface area contributed by atoms with E-state index < -0.39 is 5.63 Å². The standard InChI is InChI=1S/C21H19NO5/c1-12-17-8-7-16(24)11-19(17)27-21(26)18(12)9-10-20(25)22-15-5-3-14(4-6-15)13(2)23/h3-8,11,24H,9-10H2,1-2H3,(H,22,25). The van der Waals surface area contributed by atoms with Gasteiger partial charge in [-0.25, -0.2) is 4.79 Å². The molecular formula is C21H19NO5. The van der Waals surface area contributed by atoms with Gasteiger partial charge in [-0.3, -0.25) is 9.59 Å². The number of rotatable bonds is 5. The van der Waals surface area contributed by atoms with Crippen LogP contribution in [-0.4, -0.2) is 16.8 Å². The highest BCUT2D eigenvalue weighted by Gasteiger charge is 2.13. The lowest BCUT2D eigenvalue weighted by molar-refractivity contribution is -0.116. The maximum Gasteiger partial charge on any atom is 0.339 e. The third-order valence-corrected chi connectivity index (χ3v) is 4.45. The summed E-state index contributed by atoms with van der Waals surface area (Å²) >= 11 is 0. The molecule has 2 N–H and O–H groups in total. The van der Waals surface area contributed by atoms with Gasteiger partial charge in [-0.1, -0.05) is 0 Å². The Labute approximate surface area is 155 Å². The van der Waals surface area contributed by atoms with Crippen LogP contribution in [0.4, 0.5) is 5.69 Å². The zero-order valence-electron chi connectivity index (χ0n) is 15.0. The van der Waals surface area contributed by atoms with Crippen LogP contribution in [0.2, 0.25) is 0 Å². The van der Waals surface area contributed by atoms with Crippen molar-refractivity contribution in [3.8, 4) is 5.75 Å². The molecule has 0 bridgehead atoms. The Morgan fingerprint density at radius 3 is 2.48 bits per heavy atom. The first-order valence-electron chi connectivity index (χ1n) is 8.51. The average molecular weight is 365 g/mol. The van der Waals surface area contributed by atoms with Gasteiger partial charge < -0.3 is 14.8 Å². The molecule has 1 heterocycles. The first-order valence-corrected chi connectivity index (χ1v) is 8.51. The number of Topliss-reactive ketones (excluding diaryl/α,β-unsaturated/α-hetero) is 1. The van der Waals surface area contributed by atoms with E-state index in [1.807, 2.05) is 0 Å². The summed E-state index contributed by atoms with van der Waals surface area (Å²) in [6.07, 6.45) is 0.353. The Morgan fingerprint density at radius 2 is 1.81 bits per heavy atom. The topological polar surface area (TPSA) is 96.6 Å². The van der Waals surface area contributed by atoms with E-state index in [-0.39, 0.29) is 30.3 Å². The Bertz CT molecular complexity index is 1080. The number of nitrogens with one attached hydrogen (secondary N) is 1. The first-order chi connectivity index (χ1) is 12.8. The molecule has 0 atom stereocenters. The number of aromatic hydroxyl groups is 1. The smallest absolute Gasteiger partial charge is 0.339 e. The normalized spacial score (nSPS) is 10.7. The van der Waals surface area contributed by atoms with E-state index in [0.29, 0.717) is 22.4 Å². The Kier molecular flexibility index (Phi) is 5.07. The molecule has 0 aliphatic carbocycles. The minimum Gasteiger partial charge on any atom is -0.508 e. The fourth-order valence-corrected chi connectivity index (χ4v) is 2.92. The summed E-state index contributed by atoms with van der Waals surface area (Å²) in [5.41, 5.74) is 2.14. The highest BCUT2D eigenvalue weighted by Crippen LogP contribution is 2.24. The molecule has 2 aromatic carbocycles. The molecule has 0 fully saturated rings. The summed E-state index contributed by atoms with van der Waals surface area (Å²) in [6.45, 7) is 3.27.